The molecule has 0 unspecified atom stereocenters. The molecule has 0 aliphatic heterocycles. The highest BCUT2D eigenvalue weighted by molar-refractivity contribution is 9.10. The van der Waals surface area contributed by atoms with Crippen molar-refractivity contribution >= 4 is 21.7 Å². The summed E-state index contributed by atoms with van der Waals surface area (Å²) in [6.07, 6.45) is 2.63. The SMILES string of the molecule is N#CCCCCC(=O)c1ccccc1Br. The molecule has 0 amide bonds. The smallest absolute Gasteiger partial charge is 0.164 e. The van der Waals surface area contributed by atoms with Gasteiger partial charge in [0.25, 0.3) is 0 Å². The fraction of sp³-hybridized carbons (Fsp3) is 0.333. The van der Waals surface area contributed by atoms with Gasteiger partial charge in [0.2, 0.25) is 0 Å². The van der Waals surface area contributed by atoms with E-state index in [9.17, 15) is 4.79 Å². The number of rotatable bonds is 5. The van der Waals surface area contributed by atoms with Gasteiger partial charge in [-0.25, -0.2) is 0 Å². The Morgan fingerprint density at radius 3 is 2.73 bits per heavy atom. The number of nitriles is 1. The average Bonchev–Trinajstić information content (AvgIpc) is 2.25. The zero-order chi connectivity index (χ0) is 11.1. The first-order valence-corrected chi connectivity index (χ1v) is 5.69. The highest BCUT2D eigenvalue weighted by Gasteiger charge is 2.08. The lowest BCUT2D eigenvalue weighted by Gasteiger charge is -2.02. The van der Waals surface area contributed by atoms with Crippen LogP contribution in [0.4, 0.5) is 0 Å². The summed E-state index contributed by atoms with van der Waals surface area (Å²) in [4.78, 5) is 11.7. The van der Waals surface area contributed by atoms with Crippen molar-refractivity contribution in [3.05, 3.63) is 34.3 Å². The van der Waals surface area contributed by atoms with E-state index in [4.69, 9.17) is 5.26 Å². The molecule has 0 saturated carbocycles. The first-order chi connectivity index (χ1) is 7.25. The van der Waals surface area contributed by atoms with Crippen LogP contribution in [0, 0.1) is 11.3 Å². The maximum absolute atomic E-state index is 11.7. The minimum absolute atomic E-state index is 0.139. The van der Waals surface area contributed by atoms with E-state index < -0.39 is 0 Å². The minimum Gasteiger partial charge on any atom is -0.294 e. The van der Waals surface area contributed by atoms with Crippen LogP contribution in [0.5, 0.6) is 0 Å². The topological polar surface area (TPSA) is 40.9 Å². The van der Waals surface area contributed by atoms with Gasteiger partial charge in [-0.1, -0.05) is 34.1 Å². The predicted molar refractivity (Wildman–Crippen MR) is 62.6 cm³/mol. The highest BCUT2D eigenvalue weighted by Crippen LogP contribution is 2.18. The van der Waals surface area contributed by atoms with E-state index in [2.05, 4.69) is 22.0 Å². The molecule has 0 fully saturated rings. The molecule has 2 nitrogen and oxygen atoms in total. The molecule has 0 N–H and O–H groups in total. The fourth-order valence-electron chi connectivity index (χ4n) is 1.31. The summed E-state index contributed by atoms with van der Waals surface area (Å²) in [5, 5.41) is 8.35. The number of nitrogens with zero attached hydrogens (tertiary/aromatic N) is 1. The minimum atomic E-state index is 0.139. The molecular weight excluding hydrogens is 254 g/mol. The summed E-state index contributed by atoms with van der Waals surface area (Å²) >= 11 is 3.35. The van der Waals surface area contributed by atoms with Crippen molar-refractivity contribution in [2.24, 2.45) is 0 Å². The van der Waals surface area contributed by atoms with Crippen LogP contribution in [0.15, 0.2) is 28.7 Å². The summed E-state index contributed by atoms with van der Waals surface area (Å²) in [6.45, 7) is 0. The van der Waals surface area contributed by atoms with Gasteiger partial charge in [-0.15, -0.1) is 0 Å². The zero-order valence-electron chi connectivity index (χ0n) is 8.37. The van der Waals surface area contributed by atoms with E-state index in [0.717, 1.165) is 22.9 Å². The Morgan fingerprint density at radius 2 is 2.07 bits per heavy atom. The summed E-state index contributed by atoms with van der Waals surface area (Å²) in [6, 6.07) is 9.49. The van der Waals surface area contributed by atoms with Gasteiger partial charge in [0.15, 0.2) is 5.78 Å². The third-order valence-corrected chi connectivity index (χ3v) is 2.81. The Hall–Kier alpha value is -1.14. The number of Topliss-reactive ketones (excluding diaryl/α,β-unsaturated/α-hetero) is 1. The number of unbranched alkanes of at least 4 members (excludes halogenated alkanes) is 2. The van der Waals surface area contributed by atoms with Gasteiger partial charge in [0.05, 0.1) is 6.07 Å². The molecule has 0 bridgehead atoms. The molecule has 0 aliphatic rings. The third-order valence-electron chi connectivity index (χ3n) is 2.12. The van der Waals surface area contributed by atoms with Gasteiger partial charge < -0.3 is 0 Å². The molecule has 78 valence electrons. The maximum atomic E-state index is 11.7. The van der Waals surface area contributed by atoms with Crippen molar-refractivity contribution in [1.82, 2.24) is 0 Å². The average molecular weight is 266 g/mol. The van der Waals surface area contributed by atoms with E-state index in [0.29, 0.717) is 12.8 Å². The molecule has 0 radical (unpaired) electrons. The van der Waals surface area contributed by atoms with Crippen LogP contribution in [-0.4, -0.2) is 5.78 Å². The number of benzene rings is 1. The van der Waals surface area contributed by atoms with Gasteiger partial charge in [-0.3, -0.25) is 4.79 Å². The summed E-state index contributed by atoms with van der Waals surface area (Å²) in [5.74, 6) is 0.139. The van der Waals surface area contributed by atoms with Crippen molar-refractivity contribution in [1.29, 1.82) is 5.26 Å². The zero-order valence-corrected chi connectivity index (χ0v) is 9.96. The second kappa shape index (κ2) is 6.36. The Balaban J connectivity index is 2.48. The van der Waals surface area contributed by atoms with E-state index in [1.54, 1.807) is 0 Å². The fourth-order valence-corrected chi connectivity index (χ4v) is 1.82. The van der Waals surface area contributed by atoms with Gasteiger partial charge >= 0.3 is 0 Å². The van der Waals surface area contributed by atoms with Crippen LogP contribution in [0.1, 0.15) is 36.0 Å². The number of hydrogen-bond acceptors (Lipinski definition) is 2. The van der Waals surface area contributed by atoms with E-state index in [1.165, 1.54) is 0 Å². The van der Waals surface area contributed by atoms with Gasteiger partial charge in [0.1, 0.15) is 0 Å². The van der Waals surface area contributed by atoms with Crippen LogP contribution in [0.3, 0.4) is 0 Å². The van der Waals surface area contributed by atoms with Crippen LogP contribution in [0.2, 0.25) is 0 Å². The molecule has 15 heavy (non-hydrogen) atoms. The lowest BCUT2D eigenvalue weighted by molar-refractivity contribution is 0.0978. The number of halogens is 1. The van der Waals surface area contributed by atoms with Crippen molar-refractivity contribution in [3.8, 4) is 6.07 Å². The maximum Gasteiger partial charge on any atom is 0.164 e. The van der Waals surface area contributed by atoms with E-state index in [1.807, 2.05) is 24.3 Å². The molecule has 1 rings (SSSR count). The van der Waals surface area contributed by atoms with E-state index in [-0.39, 0.29) is 5.78 Å². The Bertz CT molecular complexity index is 381. The van der Waals surface area contributed by atoms with Crippen molar-refractivity contribution in [2.45, 2.75) is 25.7 Å². The molecule has 1 aromatic rings. The van der Waals surface area contributed by atoms with Crippen LogP contribution >= 0.6 is 15.9 Å². The Labute approximate surface area is 98.0 Å². The number of ketones is 1. The summed E-state index contributed by atoms with van der Waals surface area (Å²) in [7, 11) is 0. The molecule has 0 aliphatic carbocycles. The van der Waals surface area contributed by atoms with Gasteiger partial charge in [0, 0.05) is 22.9 Å². The highest BCUT2D eigenvalue weighted by atomic mass is 79.9. The first kappa shape index (κ1) is 11.9. The normalized spacial score (nSPS) is 9.60. The molecule has 0 aromatic heterocycles. The molecular formula is C12H12BrNO. The van der Waals surface area contributed by atoms with Crippen LogP contribution < -0.4 is 0 Å². The van der Waals surface area contributed by atoms with Gasteiger partial charge in [-0.2, -0.15) is 5.26 Å². The van der Waals surface area contributed by atoms with Gasteiger partial charge in [-0.05, 0) is 18.9 Å². The lowest BCUT2D eigenvalue weighted by Crippen LogP contribution is -1.99. The van der Waals surface area contributed by atoms with E-state index >= 15 is 0 Å². The monoisotopic (exact) mass is 265 g/mol. The lowest BCUT2D eigenvalue weighted by atomic mass is 10.1. The summed E-state index contributed by atoms with van der Waals surface area (Å²) in [5.41, 5.74) is 0.731. The van der Waals surface area contributed by atoms with Crippen LogP contribution in [-0.2, 0) is 0 Å². The molecule has 0 spiro atoms. The van der Waals surface area contributed by atoms with Crippen molar-refractivity contribution < 1.29 is 4.79 Å². The summed E-state index contributed by atoms with van der Waals surface area (Å²) < 4.78 is 0.843. The molecule has 3 heteroatoms. The predicted octanol–water partition coefficient (Wildman–Crippen LogP) is 3.72. The standard InChI is InChI=1S/C12H12BrNO/c13-11-7-4-3-6-10(11)12(15)8-2-1-5-9-14/h3-4,6-7H,1-2,5,8H2. The molecule has 1 aromatic carbocycles. The van der Waals surface area contributed by atoms with Crippen molar-refractivity contribution in [3.63, 3.8) is 0 Å². The second-order valence-corrected chi connectivity index (χ2v) is 4.12. The number of carbonyl (C=O) groups is 1. The quantitative estimate of drug-likeness (QED) is 0.602. The second-order valence-electron chi connectivity index (χ2n) is 3.27. The first-order valence-electron chi connectivity index (χ1n) is 4.90. The molecule has 0 heterocycles. The number of carbonyl (C=O) groups excluding carboxylic acids is 1. The molecule has 0 saturated heterocycles. The third kappa shape index (κ3) is 3.85. The number of hydrogen-bond donors (Lipinski definition) is 0. The van der Waals surface area contributed by atoms with Crippen LogP contribution in [0.25, 0.3) is 0 Å². The van der Waals surface area contributed by atoms with Crippen molar-refractivity contribution in [2.75, 3.05) is 0 Å². The largest absolute Gasteiger partial charge is 0.294 e. The molecule has 0 atom stereocenters. The Kier molecular flexibility index (Phi) is 5.06. The Morgan fingerprint density at radius 1 is 1.33 bits per heavy atom.